The third-order valence-corrected chi connectivity index (χ3v) is 4.26. The van der Waals surface area contributed by atoms with Crippen molar-refractivity contribution in [2.45, 2.75) is 6.04 Å². The van der Waals surface area contributed by atoms with Crippen LogP contribution in [0, 0.1) is 11.6 Å². The van der Waals surface area contributed by atoms with Crippen LogP contribution in [0.4, 0.5) is 8.78 Å². The monoisotopic (exact) mass is 405 g/mol. The van der Waals surface area contributed by atoms with Gasteiger partial charge in [0, 0.05) is 23.9 Å². The molecule has 0 unspecified atom stereocenters. The van der Waals surface area contributed by atoms with Gasteiger partial charge in [-0.15, -0.1) is 0 Å². The number of aryl methyl sites for hydroxylation is 1. The van der Waals surface area contributed by atoms with Crippen LogP contribution in [0.25, 0.3) is 0 Å². The largest absolute Gasteiger partial charge is 0.338 e. The molecule has 0 saturated carbocycles. The van der Waals surface area contributed by atoms with Crippen molar-refractivity contribution in [1.82, 2.24) is 14.9 Å². The van der Waals surface area contributed by atoms with Crippen molar-refractivity contribution in [2.24, 2.45) is 7.05 Å². The second-order valence-electron chi connectivity index (χ2n) is 5.48. The molecule has 0 aliphatic heterocycles. The predicted molar refractivity (Wildman–Crippen MR) is 93.0 cm³/mol. The lowest BCUT2D eigenvalue weighted by molar-refractivity contribution is 0.0937. The van der Waals surface area contributed by atoms with Gasteiger partial charge in [-0.05, 0) is 35.9 Å². The van der Waals surface area contributed by atoms with E-state index in [2.05, 4.69) is 26.2 Å². The van der Waals surface area contributed by atoms with E-state index < -0.39 is 17.8 Å². The maximum atomic E-state index is 14.1. The highest BCUT2D eigenvalue weighted by Gasteiger charge is 2.23. The van der Waals surface area contributed by atoms with Gasteiger partial charge in [0.25, 0.3) is 5.91 Å². The third kappa shape index (κ3) is 3.76. The number of amides is 1. The highest BCUT2D eigenvalue weighted by atomic mass is 79.9. The minimum Gasteiger partial charge on any atom is -0.338 e. The fraction of sp³-hybridized carbons (Fsp3) is 0.111. The van der Waals surface area contributed by atoms with E-state index >= 15 is 0 Å². The fourth-order valence-electron chi connectivity index (χ4n) is 2.49. The fourth-order valence-corrected chi connectivity index (χ4v) is 2.82. The summed E-state index contributed by atoms with van der Waals surface area (Å²) in [6.07, 6.45) is 3.33. The lowest BCUT2D eigenvalue weighted by atomic mass is 10.0. The maximum Gasteiger partial charge on any atom is 0.255 e. The Balaban J connectivity index is 1.96. The van der Waals surface area contributed by atoms with Crippen LogP contribution in [-0.2, 0) is 7.05 Å². The second-order valence-corrected chi connectivity index (χ2v) is 6.39. The van der Waals surface area contributed by atoms with Crippen LogP contribution in [0.1, 0.15) is 27.8 Å². The Labute approximate surface area is 151 Å². The summed E-state index contributed by atoms with van der Waals surface area (Å²) in [7, 11) is 1.78. The molecule has 1 amide bonds. The van der Waals surface area contributed by atoms with Crippen molar-refractivity contribution in [3.63, 3.8) is 0 Å². The number of nitrogens with one attached hydrogen (secondary N) is 1. The Bertz CT molecular complexity index is 909. The summed E-state index contributed by atoms with van der Waals surface area (Å²) < 4.78 is 29.6. The lowest BCUT2D eigenvalue weighted by Gasteiger charge is -2.19. The van der Waals surface area contributed by atoms with Crippen LogP contribution in [0.2, 0.25) is 0 Å². The van der Waals surface area contributed by atoms with Gasteiger partial charge in [-0.1, -0.05) is 28.1 Å². The molecule has 2 aromatic carbocycles. The SMILES string of the molecule is Cn1ccnc1[C@H](NC(=O)c1ccc(Br)cc1F)c1ccc(F)cc1. The zero-order chi connectivity index (χ0) is 18.0. The summed E-state index contributed by atoms with van der Waals surface area (Å²) in [4.78, 5) is 16.8. The number of carbonyl (C=O) groups is 1. The lowest BCUT2D eigenvalue weighted by Crippen LogP contribution is -2.31. The van der Waals surface area contributed by atoms with E-state index in [0.29, 0.717) is 15.9 Å². The number of hydrogen-bond acceptors (Lipinski definition) is 2. The summed E-state index contributed by atoms with van der Waals surface area (Å²) in [5, 5.41) is 2.77. The molecule has 7 heteroatoms. The molecule has 0 spiro atoms. The smallest absolute Gasteiger partial charge is 0.255 e. The minimum atomic E-state index is -0.642. The van der Waals surface area contributed by atoms with E-state index in [1.165, 1.54) is 24.3 Å². The molecule has 0 saturated heterocycles. The van der Waals surface area contributed by atoms with Crippen LogP contribution in [-0.4, -0.2) is 15.5 Å². The van der Waals surface area contributed by atoms with Crippen molar-refractivity contribution in [3.05, 3.63) is 87.9 Å². The van der Waals surface area contributed by atoms with Gasteiger partial charge in [0.1, 0.15) is 23.5 Å². The number of benzene rings is 2. The van der Waals surface area contributed by atoms with E-state index in [0.717, 1.165) is 0 Å². The minimum absolute atomic E-state index is 0.0791. The van der Waals surface area contributed by atoms with E-state index in [9.17, 15) is 13.6 Å². The normalized spacial score (nSPS) is 12.0. The topological polar surface area (TPSA) is 46.9 Å². The van der Waals surface area contributed by atoms with Crippen molar-refractivity contribution in [2.75, 3.05) is 0 Å². The summed E-state index contributed by atoms with van der Waals surface area (Å²) in [6, 6.07) is 9.30. The number of carbonyl (C=O) groups excluding carboxylic acids is 1. The maximum absolute atomic E-state index is 14.1. The molecule has 0 aliphatic carbocycles. The Morgan fingerprint density at radius 3 is 2.52 bits per heavy atom. The highest BCUT2D eigenvalue weighted by Crippen LogP contribution is 2.22. The Morgan fingerprint density at radius 2 is 1.92 bits per heavy atom. The van der Waals surface area contributed by atoms with Gasteiger partial charge in [0.05, 0.1) is 5.56 Å². The van der Waals surface area contributed by atoms with Crippen molar-refractivity contribution < 1.29 is 13.6 Å². The standard InChI is InChI=1S/C18H14BrF2N3O/c1-24-9-8-22-17(24)16(11-2-5-13(20)6-3-11)23-18(25)14-7-4-12(19)10-15(14)21/h2-10,16H,1H3,(H,23,25)/t16-/m1/s1. The van der Waals surface area contributed by atoms with Gasteiger partial charge in [-0.25, -0.2) is 13.8 Å². The van der Waals surface area contributed by atoms with Crippen LogP contribution >= 0.6 is 15.9 Å². The van der Waals surface area contributed by atoms with Crippen molar-refractivity contribution >= 4 is 21.8 Å². The van der Waals surface area contributed by atoms with Crippen LogP contribution in [0.3, 0.4) is 0 Å². The molecule has 1 N–H and O–H groups in total. The first-order valence-corrected chi connectivity index (χ1v) is 8.23. The molecule has 4 nitrogen and oxygen atoms in total. The van der Waals surface area contributed by atoms with E-state index in [-0.39, 0.29) is 11.4 Å². The molecule has 3 rings (SSSR count). The molecule has 25 heavy (non-hydrogen) atoms. The Kier molecular flexibility index (Phi) is 4.94. The summed E-state index contributed by atoms with van der Waals surface area (Å²) in [5.74, 6) is -1.04. The van der Waals surface area contributed by atoms with Gasteiger partial charge >= 0.3 is 0 Å². The molecule has 128 valence electrons. The average molecular weight is 406 g/mol. The second kappa shape index (κ2) is 7.14. The molecule has 1 aromatic heterocycles. The molecule has 1 heterocycles. The van der Waals surface area contributed by atoms with Gasteiger partial charge in [0.15, 0.2) is 0 Å². The zero-order valence-electron chi connectivity index (χ0n) is 13.2. The first kappa shape index (κ1) is 17.3. The summed E-state index contributed by atoms with van der Waals surface area (Å²) >= 11 is 3.16. The molecule has 0 fully saturated rings. The highest BCUT2D eigenvalue weighted by molar-refractivity contribution is 9.10. The zero-order valence-corrected chi connectivity index (χ0v) is 14.8. The number of halogens is 3. The summed E-state index contributed by atoms with van der Waals surface area (Å²) in [5.41, 5.74) is 0.561. The van der Waals surface area contributed by atoms with Gasteiger partial charge < -0.3 is 9.88 Å². The van der Waals surface area contributed by atoms with E-state index in [4.69, 9.17) is 0 Å². The Hall–Kier alpha value is -2.54. The molecule has 0 bridgehead atoms. The van der Waals surface area contributed by atoms with E-state index in [1.54, 1.807) is 42.2 Å². The molecule has 1 atom stereocenters. The number of rotatable bonds is 4. The van der Waals surface area contributed by atoms with Crippen molar-refractivity contribution in [3.8, 4) is 0 Å². The number of nitrogens with zero attached hydrogens (tertiary/aromatic N) is 2. The predicted octanol–water partition coefficient (Wildman–Crippen LogP) is 3.98. The van der Waals surface area contributed by atoms with Gasteiger partial charge in [-0.3, -0.25) is 4.79 Å². The van der Waals surface area contributed by atoms with Gasteiger partial charge in [-0.2, -0.15) is 0 Å². The molecule has 0 radical (unpaired) electrons. The van der Waals surface area contributed by atoms with Gasteiger partial charge in [0.2, 0.25) is 0 Å². The average Bonchev–Trinajstić information content (AvgIpc) is 2.99. The number of hydrogen-bond donors (Lipinski definition) is 1. The first-order valence-electron chi connectivity index (χ1n) is 7.44. The van der Waals surface area contributed by atoms with Crippen LogP contribution < -0.4 is 5.32 Å². The van der Waals surface area contributed by atoms with Crippen LogP contribution in [0.5, 0.6) is 0 Å². The summed E-state index contributed by atoms with van der Waals surface area (Å²) in [6.45, 7) is 0. The van der Waals surface area contributed by atoms with Crippen LogP contribution in [0.15, 0.2) is 59.3 Å². The number of imidazole rings is 1. The van der Waals surface area contributed by atoms with E-state index in [1.807, 2.05) is 0 Å². The number of aromatic nitrogens is 2. The quantitative estimate of drug-likeness (QED) is 0.713. The van der Waals surface area contributed by atoms with Crippen molar-refractivity contribution in [1.29, 1.82) is 0 Å². The molecular formula is C18H14BrF2N3O. The third-order valence-electron chi connectivity index (χ3n) is 3.77. The Morgan fingerprint density at radius 1 is 1.20 bits per heavy atom. The first-order chi connectivity index (χ1) is 12.0. The molecular weight excluding hydrogens is 392 g/mol. The molecule has 3 aromatic rings. The molecule has 0 aliphatic rings.